The van der Waals surface area contributed by atoms with Crippen molar-refractivity contribution in [1.29, 1.82) is 0 Å². The standard InChI is InChI=1S/C9H14F3N3O2S/c1-3-7-13-5-8(14-7)18(16,17)15-6(2)4-9(10,11)12/h5-6,15H,3-4H2,1-2H3,(H,13,14). The second-order valence-corrected chi connectivity index (χ2v) is 5.57. The fourth-order valence-corrected chi connectivity index (χ4v) is 2.56. The number of aryl methyl sites for hydroxylation is 1. The van der Waals surface area contributed by atoms with Gasteiger partial charge < -0.3 is 4.98 Å². The molecule has 1 unspecified atom stereocenters. The van der Waals surface area contributed by atoms with E-state index in [4.69, 9.17) is 0 Å². The fourth-order valence-electron chi connectivity index (χ4n) is 1.38. The molecule has 0 saturated heterocycles. The number of alkyl halides is 3. The number of nitrogens with one attached hydrogen (secondary N) is 2. The molecule has 5 nitrogen and oxygen atoms in total. The average molecular weight is 285 g/mol. The van der Waals surface area contributed by atoms with Crippen LogP contribution in [0.4, 0.5) is 13.2 Å². The summed E-state index contributed by atoms with van der Waals surface area (Å²) in [6.45, 7) is 2.93. The van der Waals surface area contributed by atoms with E-state index in [9.17, 15) is 21.6 Å². The molecule has 0 radical (unpaired) electrons. The number of aromatic amines is 1. The van der Waals surface area contributed by atoms with Gasteiger partial charge in [0.15, 0.2) is 5.03 Å². The van der Waals surface area contributed by atoms with Crippen molar-refractivity contribution in [2.24, 2.45) is 0 Å². The van der Waals surface area contributed by atoms with E-state index >= 15 is 0 Å². The van der Waals surface area contributed by atoms with Crippen LogP contribution in [0.25, 0.3) is 0 Å². The molecule has 0 aromatic carbocycles. The zero-order chi connectivity index (χ0) is 14.0. The Balaban J connectivity index is 2.76. The molecule has 2 N–H and O–H groups in total. The molecule has 0 aliphatic carbocycles. The molecule has 9 heteroatoms. The first-order valence-corrected chi connectivity index (χ1v) is 6.75. The lowest BCUT2D eigenvalue weighted by atomic mass is 10.2. The van der Waals surface area contributed by atoms with Crippen LogP contribution >= 0.6 is 0 Å². The molecular formula is C9H14F3N3O2S. The molecular weight excluding hydrogens is 271 g/mol. The van der Waals surface area contributed by atoms with Gasteiger partial charge in [-0.15, -0.1) is 0 Å². The molecule has 1 rings (SSSR count). The van der Waals surface area contributed by atoms with E-state index in [1.165, 1.54) is 0 Å². The van der Waals surface area contributed by atoms with E-state index in [0.717, 1.165) is 13.1 Å². The van der Waals surface area contributed by atoms with Crippen molar-refractivity contribution >= 4 is 10.0 Å². The Kier molecular flexibility index (Phi) is 4.38. The van der Waals surface area contributed by atoms with Crippen molar-refractivity contribution in [3.63, 3.8) is 0 Å². The van der Waals surface area contributed by atoms with Gasteiger partial charge in [-0.05, 0) is 6.92 Å². The summed E-state index contributed by atoms with van der Waals surface area (Å²) in [5.41, 5.74) is 0. The molecule has 0 saturated carbocycles. The number of sulfonamides is 1. The van der Waals surface area contributed by atoms with Crippen LogP contribution in [0, 0.1) is 0 Å². The summed E-state index contributed by atoms with van der Waals surface area (Å²) < 4.78 is 61.6. The van der Waals surface area contributed by atoms with Gasteiger partial charge in [0.05, 0.1) is 12.6 Å². The lowest BCUT2D eigenvalue weighted by Gasteiger charge is -2.15. The van der Waals surface area contributed by atoms with Crippen LogP contribution in [-0.2, 0) is 16.4 Å². The maximum Gasteiger partial charge on any atom is 0.390 e. The third-order valence-corrected chi connectivity index (χ3v) is 3.62. The second-order valence-electron chi connectivity index (χ2n) is 3.89. The number of imidazole rings is 1. The predicted molar refractivity (Wildman–Crippen MR) is 58.4 cm³/mol. The molecule has 0 aliphatic heterocycles. The number of hydrogen-bond acceptors (Lipinski definition) is 3. The molecule has 1 aromatic heterocycles. The summed E-state index contributed by atoms with van der Waals surface area (Å²) in [6, 6.07) is -1.23. The number of nitrogens with zero attached hydrogens (tertiary/aromatic N) is 1. The number of aromatic nitrogens is 2. The van der Waals surface area contributed by atoms with E-state index in [2.05, 4.69) is 9.97 Å². The number of H-pyrrole nitrogens is 1. The summed E-state index contributed by atoms with van der Waals surface area (Å²) >= 11 is 0. The monoisotopic (exact) mass is 285 g/mol. The Morgan fingerprint density at radius 2 is 2.11 bits per heavy atom. The number of rotatable bonds is 5. The van der Waals surface area contributed by atoms with E-state index in [1.54, 1.807) is 6.92 Å². The molecule has 0 aliphatic rings. The molecule has 1 heterocycles. The highest BCUT2D eigenvalue weighted by molar-refractivity contribution is 7.89. The maximum atomic E-state index is 12.1. The van der Waals surface area contributed by atoms with Crippen molar-refractivity contribution in [1.82, 2.24) is 14.7 Å². The minimum atomic E-state index is -4.41. The minimum Gasteiger partial charge on any atom is -0.332 e. The summed E-state index contributed by atoms with van der Waals surface area (Å²) in [5, 5.41) is -0.228. The van der Waals surface area contributed by atoms with Crippen molar-refractivity contribution in [3.8, 4) is 0 Å². The van der Waals surface area contributed by atoms with E-state index in [1.807, 2.05) is 4.72 Å². The largest absolute Gasteiger partial charge is 0.390 e. The lowest BCUT2D eigenvalue weighted by Crippen LogP contribution is -2.36. The van der Waals surface area contributed by atoms with Crippen LogP contribution in [0.2, 0.25) is 0 Å². The number of halogens is 3. The van der Waals surface area contributed by atoms with Crippen LogP contribution in [0.3, 0.4) is 0 Å². The maximum absolute atomic E-state index is 12.1. The van der Waals surface area contributed by atoms with E-state index in [0.29, 0.717) is 12.2 Å². The molecule has 0 amide bonds. The van der Waals surface area contributed by atoms with Gasteiger partial charge in [0, 0.05) is 12.5 Å². The summed E-state index contributed by atoms with van der Waals surface area (Å²) in [6.07, 6.45) is -4.04. The summed E-state index contributed by atoms with van der Waals surface area (Å²) in [4.78, 5) is 6.31. The molecule has 104 valence electrons. The predicted octanol–water partition coefficient (Wildman–Crippen LogP) is 1.59. The van der Waals surface area contributed by atoms with Crippen molar-refractivity contribution in [2.75, 3.05) is 0 Å². The van der Waals surface area contributed by atoms with Crippen LogP contribution < -0.4 is 4.72 Å². The van der Waals surface area contributed by atoms with Gasteiger partial charge >= 0.3 is 6.18 Å². The van der Waals surface area contributed by atoms with Crippen molar-refractivity contribution in [3.05, 3.63) is 12.0 Å². The van der Waals surface area contributed by atoms with Gasteiger partial charge in [0.1, 0.15) is 5.82 Å². The first-order chi connectivity index (χ1) is 8.14. The smallest absolute Gasteiger partial charge is 0.332 e. The highest BCUT2D eigenvalue weighted by Crippen LogP contribution is 2.22. The molecule has 1 atom stereocenters. The van der Waals surface area contributed by atoms with Gasteiger partial charge in [-0.25, -0.2) is 18.1 Å². The zero-order valence-corrected chi connectivity index (χ0v) is 10.7. The lowest BCUT2D eigenvalue weighted by molar-refractivity contribution is -0.137. The van der Waals surface area contributed by atoms with Gasteiger partial charge in [-0.2, -0.15) is 13.2 Å². The van der Waals surface area contributed by atoms with Crippen LogP contribution in [-0.4, -0.2) is 30.6 Å². The topological polar surface area (TPSA) is 74.8 Å². The zero-order valence-electron chi connectivity index (χ0n) is 9.87. The Morgan fingerprint density at radius 3 is 2.56 bits per heavy atom. The van der Waals surface area contributed by atoms with Crippen LogP contribution in [0.1, 0.15) is 26.1 Å². The van der Waals surface area contributed by atoms with Crippen molar-refractivity contribution in [2.45, 2.75) is 43.9 Å². The molecule has 0 spiro atoms. The Hall–Kier alpha value is -1.09. The molecule has 1 aromatic rings. The average Bonchev–Trinajstić information content (AvgIpc) is 2.61. The van der Waals surface area contributed by atoms with Gasteiger partial charge in [0.2, 0.25) is 0 Å². The highest BCUT2D eigenvalue weighted by atomic mass is 32.2. The number of hydrogen-bond donors (Lipinski definition) is 2. The van der Waals surface area contributed by atoms with Gasteiger partial charge in [0.25, 0.3) is 10.0 Å². The summed E-state index contributed by atoms with van der Waals surface area (Å²) in [7, 11) is -3.99. The first kappa shape index (κ1) is 15.0. The summed E-state index contributed by atoms with van der Waals surface area (Å²) in [5.74, 6) is 0.457. The third-order valence-electron chi connectivity index (χ3n) is 2.12. The quantitative estimate of drug-likeness (QED) is 0.862. The Labute approximate surface area is 103 Å². The van der Waals surface area contributed by atoms with Gasteiger partial charge in [-0.3, -0.25) is 0 Å². The van der Waals surface area contributed by atoms with Crippen LogP contribution in [0.5, 0.6) is 0 Å². The van der Waals surface area contributed by atoms with Crippen LogP contribution in [0.15, 0.2) is 11.2 Å². The Bertz CT molecular complexity index is 495. The van der Waals surface area contributed by atoms with E-state index in [-0.39, 0.29) is 5.03 Å². The molecule has 0 fully saturated rings. The Morgan fingerprint density at radius 1 is 1.50 bits per heavy atom. The minimum absolute atomic E-state index is 0.228. The SMILES string of the molecule is CCc1ncc(S(=O)(=O)NC(C)CC(F)(F)F)[nH]1. The molecule has 0 bridgehead atoms. The second kappa shape index (κ2) is 5.27. The normalized spacial score (nSPS) is 14.7. The van der Waals surface area contributed by atoms with Crippen molar-refractivity contribution < 1.29 is 21.6 Å². The molecule has 18 heavy (non-hydrogen) atoms. The van der Waals surface area contributed by atoms with E-state index < -0.39 is 28.7 Å². The third kappa shape index (κ3) is 4.30. The highest BCUT2D eigenvalue weighted by Gasteiger charge is 2.32. The van der Waals surface area contributed by atoms with Gasteiger partial charge in [-0.1, -0.05) is 6.92 Å². The fraction of sp³-hybridized carbons (Fsp3) is 0.667. The first-order valence-electron chi connectivity index (χ1n) is 5.27.